The van der Waals surface area contributed by atoms with Crippen molar-refractivity contribution in [1.82, 2.24) is 0 Å². The van der Waals surface area contributed by atoms with Crippen molar-refractivity contribution < 1.29 is 14.3 Å². The number of halogens is 1. The minimum Gasteiger partial charge on any atom is -0.493 e. The molecule has 0 aliphatic carbocycles. The summed E-state index contributed by atoms with van der Waals surface area (Å²) in [7, 11) is 3.07. The van der Waals surface area contributed by atoms with E-state index in [1.807, 2.05) is 13.8 Å². The van der Waals surface area contributed by atoms with Crippen molar-refractivity contribution in [1.29, 1.82) is 0 Å². The monoisotopic (exact) mass is 271 g/mol. The molecule has 0 radical (unpaired) electrons. The number of carbonyl (C=O) groups is 1. The maximum Gasteiger partial charge on any atom is 0.178 e. The number of hydrogen-bond acceptors (Lipinski definition) is 4. The van der Waals surface area contributed by atoms with Gasteiger partial charge in [0.15, 0.2) is 17.3 Å². The molecule has 1 rings (SSSR count). The van der Waals surface area contributed by atoms with Crippen LogP contribution in [0.3, 0.4) is 0 Å². The Hall–Kier alpha value is -1.26. The summed E-state index contributed by atoms with van der Waals surface area (Å²) in [5.41, 5.74) is 6.58. The highest BCUT2D eigenvalue weighted by Gasteiger charge is 2.24. The highest BCUT2D eigenvalue weighted by atomic mass is 35.5. The second kappa shape index (κ2) is 6.07. The van der Waals surface area contributed by atoms with Crippen molar-refractivity contribution in [3.05, 3.63) is 22.2 Å². The molecule has 0 fully saturated rings. The third-order valence-corrected chi connectivity index (χ3v) is 3.00. The van der Waals surface area contributed by atoms with Crippen LogP contribution in [0.25, 0.3) is 0 Å². The summed E-state index contributed by atoms with van der Waals surface area (Å²) in [6.07, 6.45) is 0. The Morgan fingerprint density at radius 3 is 2.39 bits per heavy atom. The Morgan fingerprint density at radius 2 is 2.00 bits per heavy atom. The van der Waals surface area contributed by atoms with E-state index >= 15 is 0 Å². The van der Waals surface area contributed by atoms with Gasteiger partial charge in [-0.15, -0.1) is 0 Å². The zero-order valence-corrected chi connectivity index (χ0v) is 11.8. The quantitative estimate of drug-likeness (QED) is 0.837. The number of ketones is 1. The predicted octanol–water partition coefficient (Wildman–Crippen LogP) is 2.62. The van der Waals surface area contributed by atoms with Crippen LogP contribution in [-0.4, -0.2) is 26.5 Å². The number of benzene rings is 1. The number of hydrogen-bond donors (Lipinski definition) is 1. The van der Waals surface area contributed by atoms with Crippen molar-refractivity contribution in [2.45, 2.75) is 19.8 Å². The summed E-state index contributed by atoms with van der Waals surface area (Å²) in [4.78, 5) is 11.9. The van der Waals surface area contributed by atoms with E-state index in [1.165, 1.54) is 14.2 Å². The summed E-state index contributed by atoms with van der Waals surface area (Å²) < 4.78 is 10.6. The van der Waals surface area contributed by atoms with Gasteiger partial charge in [-0.2, -0.15) is 0 Å². The van der Waals surface area contributed by atoms with Crippen LogP contribution in [0.4, 0.5) is 0 Å². The summed E-state index contributed by atoms with van der Waals surface area (Å²) >= 11 is 6.15. The lowest BCUT2D eigenvalue weighted by Crippen LogP contribution is -2.17. The van der Waals surface area contributed by atoms with Gasteiger partial charge < -0.3 is 15.2 Å². The lowest BCUT2D eigenvalue weighted by Gasteiger charge is -2.20. The first-order valence-electron chi connectivity index (χ1n) is 5.65. The molecule has 1 aromatic rings. The fourth-order valence-corrected chi connectivity index (χ4v) is 2.23. The summed E-state index contributed by atoms with van der Waals surface area (Å²) in [5.74, 6) is 0.913. The third kappa shape index (κ3) is 2.60. The molecule has 0 saturated heterocycles. The normalized spacial score (nSPS) is 10.6. The average molecular weight is 272 g/mol. The summed E-state index contributed by atoms with van der Waals surface area (Å²) in [6.45, 7) is 3.83. The van der Waals surface area contributed by atoms with Gasteiger partial charge in [0.05, 0.1) is 25.8 Å². The topological polar surface area (TPSA) is 61.5 Å². The Labute approximate surface area is 112 Å². The van der Waals surface area contributed by atoms with Gasteiger partial charge >= 0.3 is 0 Å². The zero-order chi connectivity index (χ0) is 13.9. The van der Waals surface area contributed by atoms with E-state index in [0.29, 0.717) is 22.1 Å². The summed E-state index contributed by atoms with van der Waals surface area (Å²) in [6, 6.07) is 1.58. The van der Waals surface area contributed by atoms with Gasteiger partial charge in [-0.1, -0.05) is 25.4 Å². The number of nitrogens with two attached hydrogens (primary N) is 1. The molecule has 1 aromatic carbocycles. The van der Waals surface area contributed by atoms with Crippen LogP contribution in [0, 0.1) is 0 Å². The Bertz CT molecular complexity index is 458. The Balaban J connectivity index is 3.64. The molecule has 0 atom stereocenters. The molecule has 0 bridgehead atoms. The SMILES string of the molecule is COc1cc(Cl)c(C(=O)CN)c(C(C)C)c1OC. The first-order chi connectivity index (χ1) is 8.47. The van der Waals surface area contributed by atoms with Crippen molar-refractivity contribution in [3.63, 3.8) is 0 Å². The van der Waals surface area contributed by atoms with Gasteiger partial charge in [-0.05, 0) is 5.92 Å². The fraction of sp³-hybridized carbons (Fsp3) is 0.462. The average Bonchev–Trinajstić information content (AvgIpc) is 2.36. The Morgan fingerprint density at radius 1 is 1.39 bits per heavy atom. The van der Waals surface area contributed by atoms with Gasteiger partial charge in [-0.25, -0.2) is 0 Å². The highest BCUT2D eigenvalue weighted by molar-refractivity contribution is 6.34. The van der Waals surface area contributed by atoms with Crippen molar-refractivity contribution in [3.8, 4) is 11.5 Å². The van der Waals surface area contributed by atoms with Gasteiger partial charge in [0.2, 0.25) is 0 Å². The van der Waals surface area contributed by atoms with Gasteiger partial charge in [0.1, 0.15) is 0 Å². The minimum absolute atomic E-state index is 0.0676. The van der Waals surface area contributed by atoms with E-state index in [9.17, 15) is 4.79 Å². The molecule has 100 valence electrons. The molecule has 4 nitrogen and oxygen atoms in total. The first kappa shape index (κ1) is 14.8. The maximum atomic E-state index is 11.9. The van der Waals surface area contributed by atoms with E-state index in [1.54, 1.807) is 6.07 Å². The molecule has 0 spiro atoms. The molecular formula is C13H18ClNO3. The van der Waals surface area contributed by atoms with E-state index in [4.69, 9.17) is 26.8 Å². The van der Waals surface area contributed by atoms with Crippen molar-refractivity contribution in [2.75, 3.05) is 20.8 Å². The molecule has 18 heavy (non-hydrogen) atoms. The second-order valence-corrected chi connectivity index (χ2v) is 4.57. The molecule has 5 heteroatoms. The number of carbonyl (C=O) groups excluding carboxylic acids is 1. The van der Waals surface area contributed by atoms with Gasteiger partial charge in [0.25, 0.3) is 0 Å². The molecule has 0 amide bonds. The van der Waals surface area contributed by atoms with E-state index in [-0.39, 0.29) is 18.2 Å². The standard InChI is InChI=1S/C13H18ClNO3/c1-7(2)11-12(9(16)6-15)8(14)5-10(17-3)13(11)18-4/h5,7H,6,15H2,1-4H3. The largest absolute Gasteiger partial charge is 0.493 e. The molecule has 2 N–H and O–H groups in total. The predicted molar refractivity (Wildman–Crippen MR) is 72.0 cm³/mol. The van der Waals surface area contributed by atoms with Crippen LogP contribution in [0.1, 0.15) is 35.7 Å². The van der Waals surface area contributed by atoms with Crippen LogP contribution in [-0.2, 0) is 0 Å². The van der Waals surface area contributed by atoms with Crippen LogP contribution >= 0.6 is 11.6 Å². The molecule has 0 aliphatic rings. The fourth-order valence-electron chi connectivity index (χ4n) is 1.93. The van der Waals surface area contributed by atoms with Gasteiger partial charge in [0, 0.05) is 17.2 Å². The van der Waals surface area contributed by atoms with E-state index < -0.39 is 0 Å². The maximum absolute atomic E-state index is 11.9. The van der Waals surface area contributed by atoms with Crippen molar-refractivity contribution >= 4 is 17.4 Å². The lowest BCUT2D eigenvalue weighted by atomic mass is 9.93. The van der Waals surface area contributed by atoms with Crippen LogP contribution in [0.2, 0.25) is 5.02 Å². The van der Waals surface area contributed by atoms with Crippen LogP contribution in [0.15, 0.2) is 6.07 Å². The van der Waals surface area contributed by atoms with E-state index in [2.05, 4.69) is 0 Å². The van der Waals surface area contributed by atoms with Gasteiger partial charge in [-0.3, -0.25) is 4.79 Å². The molecule has 0 unspecified atom stereocenters. The molecule has 0 saturated carbocycles. The molecular weight excluding hydrogens is 254 g/mol. The van der Waals surface area contributed by atoms with E-state index in [0.717, 1.165) is 5.56 Å². The first-order valence-corrected chi connectivity index (χ1v) is 6.03. The van der Waals surface area contributed by atoms with Crippen LogP contribution in [0.5, 0.6) is 11.5 Å². The number of methoxy groups -OCH3 is 2. The molecule has 0 aromatic heterocycles. The van der Waals surface area contributed by atoms with Crippen LogP contribution < -0.4 is 15.2 Å². The Kier molecular flexibility index (Phi) is 4.99. The zero-order valence-electron chi connectivity index (χ0n) is 11.0. The second-order valence-electron chi connectivity index (χ2n) is 4.16. The number of Topliss-reactive ketones (excluding diaryl/α,β-unsaturated/α-hetero) is 1. The summed E-state index contributed by atoms with van der Waals surface area (Å²) in [5, 5.41) is 0.340. The highest BCUT2D eigenvalue weighted by Crippen LogP contribution is 2.41. The smallest absolute Gasteiger partial charge is 0.178 e. The lowest BCUT2D eigenvalue weighted by molar-refractivity contribution is 0.1000. The molecule has 0 aliphatic heterocycles. The molecule has 0 heterocycles. The van der Waals surface area contributed by atoms with Crippen molar-refractivity contribution in [2.24, 2.45) is 5.73 Å². The minimum atomic E-state index is -0.204. The third-order valence-electron chi connectivity index (χ3n) is 2.70. The number of rotatable bonds is 5. The number of ether oxygens (including phenoxy) is 2.